The Hall–Kier alpha value is -0.260. The molecule has 1 rings (SSSR count). The summed E-state index contributed by atoms with van der Waals surface area (Å²) in [5.41, 5.74) is 1.37. The molecule has 1 aliphatic carbocycles. The molecular formula is C12H22. The molecule has 0 aromatic heterocycles. The zero-order valence-electron chi connectivity index (χ0n) is 8.77. The third kappa shape index (κ3) is 2.36. The van der Waals surface area contributed by atoms with Crippen molar-refractivity contribution in [3.8, 4) is 0 Å². The highest BCUT2D eigenvalue weighted by Gasteiger charge is 2.23. The summed E-state index contributed by atoms with van der Waals surface area (Å²) in [4.78, 5) is 0. The van der Waals surface area contributed by atoms with Gasteiger partial charge < -0.3 is 0 Å². The summed E-state index contributed by atoms with van der Waals surface area (Å²) in [7, 11) is 0. The second kappa shape index (κ2) is 4.11. The normalized spacial score (nSPS) is 32.9. The van der Waals surface area contributed by atoms with Crippen molar-refractivity contribution >= 4 is 0 Å². The molecule has 0 saturated heterocycles. The van der Waals surface area contributed by atoms with E-state index >= 15 is 0 Å². The van der Waals surface area contributed by atoms with Crippen molar-refractivity contribution in [2.45, 2.75) is 46.5 Å². The van der Waals surface area contributed by atoms with Crippen LogP contribution in [0, 0.1) is 17.8 Å². The van der Waals surface area contributed by atoms with E-state index in [0.29, 0.717) is 0 Å². The second-order valence-electron chi connectivity index (χ2n) is 4.65. The maximum atomic E-state index is 4.05. The summed E-state index contributed by atoms with van der Waals surface area (Å²) in [6.45, 7) is 10.9. The van der Waals surface area contributed by atoms with Crippen LogP contribution in [0.15, 0.2) is 12.2 Å². The highest BCUT2D eigenvalue weighted by atomic mass is 14.3. The van der Waals surface area contributed by atoms with E-state index in [4.69, 9.17) is 0 Å². The van der Waals surface area contributed by atoms with Crippen molar-refractivity contribution in [2.75, 3.05) is 0 Å². The zero-order chi connectivity index (χ0) is 9.14. The smallest absolute Gasteiger partial charge is 0.0209 e. The van der Waals surface area contributed by atoms with E-state index in [1.54, 1.807) is 0 Å². The van der Waals surface area contributed by atoms with Gasteiger partial charge in [0.25, 0.3) is 0 Å². The van der Waals surface area contributed by atoms with Gasteiger partial charge in [-0.25, -0.2) is 0 Å². The van der Waals surface area contributed by atoms with Crippen LogP contribution in [0.5, 0.6) is 0 Å². The Morgan fingerprint density at radius 2 is 1.75 bits per heavy atom. The fourth-order valence-electron chi connectivity index (χ4n) is 2.19. The molecule has 0 radical (unpaired) electrons. The third-order valence-electron chi connectivity index (χ3n) is 3.54. The van der Waals surface area contributed by atoms with Crippen LogP contribution in [-0.4, -0.2) is 0 Å². The highest BCUT2D eigenvalue weighted by Crippen LogP contribution is 2.35. The Labute approximate surface area is 77.1 Å². The predicted molar refractivity (Wildman–Crippen MR) is 55.1 cm³/mol. The van der Waals surface area contributed by atoms with E-state index in [0.717, 1.165) is 17.8 Å². The fourth-order valence-corrected chi connectivity index (χ4v) is 2.19. The van der Waals surface area contributed by atoms with Gasteiger partial charge in [0.05, 0.1) is 0 Å². The minimum atomic E-state index is 0.748. The maximum Gasteiger partial charge on any atom is -0.0209 e. The molecule has 0 nitrogen and oxygen atoms in total. The number of hydrogen-bond acceptors (Lipinski definition) is 0. The molecule has 0 aromatic rings. The molecule has 1 fully saturated rings. The second-order valence-corrected chi connectivity index (χ2v) is 4.65. The fraction of sp³-hybridized carbons (Fsp3) is 0.833. The van der Waals surface area contributed by atoms with Gasteiger partial charge in [-0.3, -0.25) is 0 Å². The summed E-state index contributed by atoms with van der Waals surface area (Å²) in [6, 6.07) is 0. The zero-order valence-corrected chi connectivity index (χ0v) is 8.77. The van der Waals surface area contributed by atoms with E-state index < -0.39 is 0 Å². The first kappa shape index (κ1) is 9.83. The first-order valence-electron chi connectivity index (χ1n) is 5.26. The Morgan fingerprint density at radius 1 is 1.25 bits per heavy atom. The van der Waals surface area contributed by atoms with E-state index in [2.05, 4.69) is 27.4 Å². The summed E-state index contributed by atoms with van der Waals surface area (Å²) in [6.07, 6.45) is 5.72. The highest BCUT2D eigenvalue weighted by molar-refractivity contribution is 4.97. The summed E-state index contributed by atoms with van der Waals surface area (Å²) in [5.74, 6) is 2.65. The van der Waals surface area contributed by atoms with Gasteiger partial charge in [-0.1, -0.05) is 38.8 Å². The largest absolute Gasteiger partial charge is 0.0999 e. The quantitative estimate of drug-likeness (QED) is 0.543. The molecule has 0 aromatic carbocycles. The monoisotopic (exact) mass is 166 g/mol. The van der Waals surface area contributed by atoms with Gasteiger partial charge in [-0.2, -0.15) is 0 Å². The SMILES string of the molecule is C=C(C)C(C)C1CCC(C)CC1. The first-order valence-corrected chi connectivity index (χ1v) is 5.26. The standard InChI is InChI=1S/C12H22/c1-9(2)11(4)12-7-5-10(3)6-8-12/h10-12H,1,5-8H2,2-4H3. The molecule has 1 unspecified atom stereocenters. The molecule has 0 heteroatoms. The van der Waals surface area contributed by atoms with Crippen molar-refractivity contribution in [2.24, 2.45) is 17.8 Å². The average Bonchev–Trinajstić information content (AvgIpc) is 2.04. The van der Waals surface area contributed by atoms with Crippen LogP contribution < -0.4 is 0 Å². The van der Waals surface area contributed by atoms with Gasteiger partial charge in [-0.05, 0) is 37.5 Å². The van der Waals surface area contributed by atoms with Gasteiger partial charge in [0, 0.05) is 0 Å². The molecular weight excluding hydrogens is 144 g/mol. The summed E-state index contributed by atoms with van der Waals surface area (Å²) >= 11 is 0. The van der Waals surface area contributed by atoms with Gasteiger partial charge in [0.1, 0.15) is 0 Å². The lowest BCUT2D eigenvalue weighted by atomic mass is 9.75. The van der Waals surface area contributed by atoms with Crippen molar-refractivity contribution in [3.05, 3.63) is 12.2 Å². The molecule has 0 spiro atoms. The molecule has 0 heterocycles. The first-order chi connectivity index (χ1) is 5.61. The van der Waals surface area contributed by atoms with Crippen LogP contribution in [0.1, 0.15) is 46.5 Å². The molecule has 0 amide bonds. The molecule has 70 valence electrons. The van der Waals surface area contributed by atoms with Crippen LogP contribution in [0.4, 0.5) is 0 Å². The van der Waals surface area contributed by atoms with Gasteiger partial charge in [0.2, 0.25) is 0 Å². The van der Waals surface area contributed by atoms with Gasteiger partial charge in [0.15, 0.2) is 0 Å². The predicted octanol–water partition coefficient (Wildman–Crippen LogP) is 4.02. The van der Waals surface area contributed by atoms with Crippen LogP contribution in [0.25, 0.3) is 0 Å². The van der Waals surface area contributed by atoms with E-state index in [9.17, 15) is 0 Å². The lowest BCUT2D eigenvalue weighted by Gasteiger charge is -2.31. The minimum absolute atomic E-state index is 0.748. The van der Waals surface area contributed by atoms with Gasteiger partial charge >= 0.3 is 0 Å². The summed E-state index contributed by atoms with van der Waals surface area (Å²) < 4.78 is 0. The van der Waals surface area contributed by atoms with Crippen molar-refractivity contribution in [3.63, 3.8) is 0 Å². The molecule has 1 saturated carbocycles. The Bertz CT molecular complexity index is 149. The topological polar surface area (TPSA) is 0 Å². The Morgan fingerprint density at radius 3 is 2.17 bits per heavy atom. The van der Waals surface area contributed by atoms with Crippen molar-refractivity contribution in [1.29, 1.82) is 0 Å². The van der Waals surface area contributed by atoms with E-state index in [1.807, 2.05) is 0 Å². The summed E-state index contributed by atoms with van der Waals surface area (Å²) in [5, 5.41) is 0. The molecule has 1 aliphatic rings. The van der Waals surface area contributed by atoms with Crippen LogP contribution in [0.2, 0.25) is 0 Å². The van der Waals surface area contributed by atoms with Crippen LogP contribution in [0.3, 0.4) is 0 Å². The number of hydrogen-bond donors (Lipinski definition) is 0. The van der Waals surface area contributed by atoms with Crippen LogP contribution in [-0.2, 0) is 0 Å². The van der Waals surface area contributed by atoms with Crippen LogP contribution >= 0.6 is 0 Å². The molecule has 0 N–H and O–H groups in total. The lowest BCUT2D eigenvalue weighted by molar-refractivity contribution is 0.243. The van der Waals surface area contributed by atoms with E-state index in [-0.39, 0.29) is 0 Å². The van der Waals surface area contributed by atoms with Gasteiger partial charge in [-0.15, -0.1) is 0 Å². The van der Waals surface area contributed by atoms with E-state index in [1.165, 1.54) is 31.3 Å². The van der Waals surface area contributed by atoms with Crippen molar-refractivity contribution < 1.29 is 0 Å². The molecule has 1 atom stereocenters. The minimum Gasteiger partial charge on any atom is -0.0999 e. The molecule has 0 bridgehead atoms. The third-order valence-corrected chi connectivity index (χ3v) is 3.54. The maximum absolute atomic E-state index is 4.05. The van der Waals surface area contributed by atoms with Crippen molar-refractivity contribution in [1.82, 2.24) is 0 Å². The Balaban J connectivity index is 2.39. The average molecular weight is 166 g/mol. The molecule has 0 aliphatic heterocycles. The number of rotatable bonds is 2. The molecule has 12 heavy (non-hydrogen) atoms. The Kier molecular flexibility index (Phi) is 3.37. The number of allylic oxidation sites excluding steroid dienone is 1. The lowest BCUT2D eigenvalue weighted by Crippen LogP contribution is -2.19.